The lowest BCUT2D eigenvalue weighted by atomic mass is 9.88. The Hall–Kier alpha value is -3.78. The van der Waals surface area contributed by atoms with E-state index in [9.17, 15) is 14.4 Å². The molecule has 1 aliphatic heterocycles. The summed E-state index contributed by atoms with van der Waals surface area (Å²) in [5.41, 5.74) is 2.13. The van der Waals surface area contributed by atoms with E-state index in [4.69, 9.17) is 9.47 Å². The Morgan fingerprint density at radius 1 is 0.971 bits per heavy atom. The van der Waals surface area contributed by atoms with Crippen molar-refractivity contribution >= 4 is 45.5 Å². The fraction of sp³-hybridized carbons (Fsp3) is 0.185. The van der Waals surface area contributed by atoms with Crippen LogP contribution in [-0.2, 0) is 20.9 Å². The summed E-state index contributed by atoms with van der Waals surface area (Å²) in [5, 5.41) is 0. The van der Waals surface area contributed by atoms with Crippen LogP contribution in [0, 0.1) is 5.92 Å². The molecule has 0 N–H and O–H groups in total. The number of carbonyl (C=O) groups excluding carboxylic acids is 3. The van der Waals surface area contributed by atoms with Crippen molar-refractivity contribution in [1.29, 1.82) is 0 Å². The average molecular weight is 535 g/mol. The van der Waals surface area contributed by atoms with Gasteiger partial charge in [0.25, 0.3) is 0 Å². The minimum Gasteiger partial charge on any atom is -0.460 e. The molecule has 1 aliphatic rings. The standard InChI is InChI=1S/C27H23BrN2O5/c1-2-34-27(33)30-22-14-7-6-12-19(22)16-20(28)24(30)23(25(31)21-13-8-9-15-29-21)26(32)35-17-18-10-4-3-5-11-18/h3-16,23-24H,2,17H2,1H3. The number of fused-ring (bicyclic) bond motifs is 1. The van der Waals surface area contributed by atoms with Gasteiger partial charge in [-0.3, -0.25) is 19.5 Å². The minimum atomic E-state index is -1.39. The first-order valence-corrected chi connectivity index (χ1v) is 11.9. The summed E-state index contributed by atoms with van der Waals surface area (Å²) in [6.07, 6.45) is 2.59. The Morgan fingerprint density at radius 2 is 1.69 bits per heavy atom. The molecule has 0 fully saturated rings. The molecule has 2 heterocycles. The third-order valence-corrected chi connectivity index (χ3v) is 6.21. The molecular weight excluding hydrogens is 512 g/mol. The molecule has 7 nitrogen and oxygen atoms in total. The molecule has 0 radical (unpaired) electrons. The number of anilines is 1. The van der Waals surface area contributed by atoms with Crippen LogP contribution in [0.25, 0.3) is 6.08 Å². The van der Waals surface area contributed by atoms with Crippen molar-refractivity contribution in [2.75, 3.05) is 11.5 Å². The van der Waals surface area contributed by atoms with Crippen LogP contribution in [0.4, 0.5) is 10.5 Å². The van der Waals surface area contributed by atoms with E-state index in [0.29, 0.717) is 10.2 Å². The number of amides is 1. The maximum Gasteiger partial charge on any atom is 0.414 e. The van der Waals surface area contributed by atoms with E-state index >= 15 is 0 Å². The van der Waals surface area contributed by atoms with Crippen LogP contribution >= 0.6 is 15.9 Å². The molecule has 1 aromatic heterocycles. The first-order valence-electron chi connectivity index (χ1n) is 11.1. The molecule has 8 heteroatoms. The number of esters is 1. The molecule has 178 valence electrons. The molecule has 0 spiro atoms. The summed E-state index contributed by atoms with van der Waals surface area (Å²) in [7, 11) is 0. The topological polar surface area (TPSA) is 85.8 Å². The van der Waals surface area contributed by atoms with Gasteiger partial charge >= 0.3 is 12.1 Å². The Balaban J connectivity index is 1.77. The Bertz CT molecular complexity index is 1250. The quantitative estimate of drug-likeness (QED) is 0.229. The van der Waals surface area contributed by atoms with E-state index in [-0.39, 0.29) is 18.9 Å². The maximum absolute atomic E-state index is 13.7. The van der Waals surface area contributed by atoms with Gasteiger partial charge in [0.2, 0.25) is 0 Å². The number of Topliss-reactive ketones (excluding diaryl/α,β-unsaturated/α-hetero) is 1. The van der Waals surface area contributed by atoms with Crippen LogP contribution in [0.5, 0.6) is 0 Å². The smallest absolute Gasteiger partial charge is 0.414 e. The minimum absolute atomic E-state index is 0.0181. The summed E-state index contributed by atoms with van der Waals surface area (Å²) in [5.74, 6) is -2.72. The molecule has 3 aromatic rings. The number of ketones is 1. The lowest BCUT2D eigenvalue weighted by Crippen LogP contribution is -2.52. The molecule has 2 atom stereocenters. The highest BCUT2D eigenvalue weighted by molar-refractivity contribution is 9.11. The summed E-state index contributed by atoms with van der Waals surface area (Å²) >= 11 is 3.52. The van der Waals surface area contributed by atoms with Crippen molar-refractivity contribution in [2.24, 2.45) is 5.92 Å². The third kappa shape index (κ3) is 5.33. The van der Waals surface area contributed by atoms with Crippen LogP contribution < -0.4 is 4.90 Å². The van der Waals surface area contributed by atoms with Gasteiger partial charge in [-0.05, 0) is 42.3 Å². The molecule has 0 saturated heterocycles. The molecule has 35 heavy (non-hydrogen) atoms. The van der Waals surface area contributed by atoms with Crippen LogP contribution in [0.15, 0.2) is 83.5 Å². The first kappa shape index (κ1) is 24.3. The number of halogens is 1. The maximum atomic E-state index is 13.7. The molecule has 0 aliphatic carbocycles. The highest BCUT2D eigenvalue weighted by atomic mass is 79.9. The van der Waals surface area contributed by atoms with Gasteiger partial charge in [-0.25, -0.2) is 4.79 Å². The van der Waals surface area contributed by atoms with Crippen LogP contribution in [0.2, 0.25) is 0 Å². The van der Waals surface area contributed by atoms with Crippen molar-refractivity contribution in [2.45, 2.75) is 19.6 Å². The number of ether oxygens (including phenoxy) is 2. The summed E-state index contributed by atoms with van der Waals surface area (Å²) < 4.78 is 11.4. The normalized spacial score (nSPS) is 15.4. The largest absolute Gasteiger partial charge is 0.460 e. The zero-order valence-corrected chi connectivity index (χ0v) is 20.6. The number of hydrogen-bond donors (Lipinski definition) is 0. The van der Waals surface area contributed by atoms with E-state index in [1.165, 1.54) is 17.2 Å². The van der Waals surface area contributed by atoms with Gasteiger partial charge in [-0.15, -0.1) is 0 Å². The second-order valence-corrected chi connectivity index (χ2v) is 8.67. The summed E-state index contributed by atoms with van der Waals surface area (Å²) in [6.45, 7) is 1.80. The zero-order chi connectivity index (χ0) is 24.8. The van der Waals surface area contributed by atoms with Gasteiger partial charge < -0.3 is 9.47 Å². The number of aromatic nitrogens is 1. The molecule has 2 unspecified atom stereocenters. The van der Waals surface area contributed by atoms with Gasteiger partial charge in [0.05, 0.1) is 18.3 Å². The molecule has 1 amide bonds. The average Bonchev–Trinajstić information content (AvgIpc) is 2.89. The molecule has 4 rings (SSSR count). The zero-order valence-electron chi connectivity index (χ0n) is 19.0. The van der Waals surface area contributed by atoms with Gasteiger partial charge in [0.15, 0.2) is 5.78 Å². The number of para-hydroxylation sites is 1. The predicted molar refractivity (Wildman–Crippen MR) is 135 cm³/mol. The van der Waals surface area contributed by atoms with Crippen LogP contribution in [0.1, 0.15) is 28.5 Å². The Kier molecular flexibility index (Phi) is 7.72. The summed E-state index contributed by atoms with van der Waals surface area (Å²) in [6, 6.07) is 20.2. The van der Waals surface area contributed by atoms with E-state index in [0.717, 1.165) is 11.1 Å². The van der Waals surface area contributed by atoms with Gasteiger partial charge in [-0.1, -0.05) is 70.5 Å². The molecule has 0 bridgehead atoms. The number of benzene rings is 2. The van der Waals surface area contributed by atoms with Crippen molar-refractivity contribution in [1.82, 2.24) is 4.98 Å². The van der Waals surface area contributed by atoms with Crippen LogP contribution in [-0.4, -0.2) is 35.5 Å². The second-order valence-electron chi connectivity index (χ2n) is 7.75. The molecule has 2 aromatic carbocycles. The van der Waals surface area contributed by atoms with E-state index in [1.807, 2.05) is 42.5 Å². The van der Waals surface area contributed by atoms with Crippen LogP contribution in [0.3, 0.4) is 0 Å². The lowest BCUT2D eigenvalue weighted by Gasteiger charge is -2.38. The predicted octanol–water partition coefficient (Wildman–Crippen LogP) is 5.41. The SMILES string of the molecule is CCOC(=O)N1c2ccccc2C=C(Br)C1C(C(=O)OCc1ccccc1)C(=O)c1ccccn1. The highest BCUT2D eigenvalue weighted by Crippen LogP contribution is 2.40. The number of pyridine rings is 1. The van der Waals surface area contributed by atoms with Gasteiger partial charge in [0.1, 0.15) is 18.2 Å². The summed E-state index contributed by atoms with van der Waals surface area (Å²) in [4.78, 5) is 45.8. The monoisotopic (exact) mass is 534 g/mol. The lowest BCUT2D eigenvalue weighted by molar-refractivity contribution is -0.148. The number of nitrogens with zero attached hydrogens (tertiary/aromatic N) is 2. The Labute approximate surface area is 211 Å². The van der Waals surface area contributed by atoms with Crippen molar-refractivity contribution in [3.63, 3.8) is 0 Å². The fourth-order valence-corrected chi connectivity index (χ4v) is 4.63. The van der Waals surface area contributed by atoms with Gasteiger partial charge in [-0.2, -0.15) is 0 Å². The van der Waals surface area contributed by atoms with Gasteiger partial charge in [0, 0.05) is 10.7 Å². The number of rotatable bonds is 7. The third-order valence-electron chi connectivity index (χ3n) is 5.51. The van der Waals surface area contributed by atoms with E-state index < -0.39 is 29.8 Å². The van der Waals surface area contributed by atoms with Crippen molar-refractivity contribution in [3.8, 4) is 0 Å². The highest BCUT2D eigenvalue weighted by Gasteiger charge is 2.46. The van der Waals surface area contributed by atoms with E-state index in [2.05, 4.69) is 20.9 Å². The van der Waals surface area contributed by atoms with Crippen molar-refractivity contribution < 1.29 is 23.9 Å². The fourth-order valence-electron chi connectivity index (χ4n) is 3.91. The van der Waals surface area contributed by atoms with Crippen molar-refractivity contribution in [3.05, 3.63) is 100 Å². The van der Waals surface area contributed by atoms with E-state index in [1.54, 1.807) is 37.3 Å². The first-order chi connectivity index (χ1) is 17.0. The molecular formula is C27H23BrN2O5. The number of carbonyl (C=O) groups is 3. The number of hydrogen-bond acceptors (Lipinski definition) is 6. The Morgan fingerprint density at radius 3 is 2.40 bits per heavy atom. The second kappa shape index (κ2) is 11.1. The molecule has 0 saturated carbocycles.